The van der Waals surface area contributed by atoms with Gasteiger partial charge in [-0.1, -0.05) is 6.07 Å². The lowest BCUT2D eigenvalue weighted by Gasteiger charge is -1.92. The largest absolute Gasteiger partial charge is 0.383 e. The van der Waals surface area contributed by atoms with Crippen LogP contribution in [0.2, 0.25) is 0 Å². The molecule has 0 bridgehead atoms. The summed E-state index contributed by atoms with van der Waals surface area (Å²) in [5.74, 6) is 0.723. The Balaban J connectivity index is 2.92. The van der Waals surface area contributed by atoms with E-state index in [4.69, 9.17) is 5.73 Å². The maximum Gasteiger partial charge on any atom is 0.138 e. The molecule has 56 valence electrons. The normalized spacial score (nSPS) is 10.6. The number of nitrogen functional groups attached to an aromatic ring is 1. The van der Waals surface area contributed by atoms with Crippen molar-refractivity contribution in [3.8, 4) is 0 Å². The highest BCUT2D eigenvalue weighted by atomic mass is 15.1. The Morgan fingerprint density at radius 2 is 2.27 bits per heavy atom. The minimum Gasteiger partial charge on any atom is -0.383 e. The highest BCUT2D eigenvalue weighted by Crippen LogP contribution is 2.12. The molecule has 2 aromatic heterocycles. The molecule has 0 spiro atoms. The van der Waals surface area contributed by atoms with Gasteiger partial charge in [0.2, 0.25) is 0 Å². The Morgan fingerprint density at radius 3 is 3.00 bits per heavy atom. The number of anilines is 1. The monoisotopic (exact) mass is 147 g/mol. The Bertz CT molecular complexity index is 389. The molecule has 0 amide bonds. The summed E-state index contributed by atoms with van der Waals surface area (Å²) in [6, 6.07) is 5.81. The lowest BCUT2D eigenvalue weighted by Crippen LogP contribution is -1.92. The van der Waals surface area contributed by atoms with E-state index in [2.05, 4.69) is 4.98 Å². The first kappa shape index (κ1) is 6.22. The van der Waals surface area contributed by atoms with E-state index in [0.29, 0.717) is 0 Å². The number of aromatic nitrogens is 2. The molecule has 0 aliphatic heterocycles. The molecule has 11 heavy (non-hydrogen) atoms. The van der Waals surface area contributed by atoms with Crippen LogP contribution in [-0.2, 0) is 0 Å². The molecule has 0 atom stereocenters. The van der Waals surface area contributed by atoms with Gasteiger partial charge in [-0.15, -0.1) is 0 Å². The lowest BCUT2D eigenvalue weighted by molar-refractivity contribution is 1.19. The van der Waals surface area contributed by atoms with Gasteiger partial charge in [-0.05, 0) is 19.1 Å². The van der Waals surface area contributed by atoms with E-state index in [1.54, 1.807) is 0 Å². The zero-order valence-electron chi connectivity index (χ0n) is 6.28. The van der Waals surface area contributed by atoms with E-state index >= 15 is 0 Å². The van der Waals surface area contributed by atoms with E-state index in [-0.39, 0.29) is 0 Å². The number of hydrogen-bond acceptors (Lipinski definition) is 2. The summed E-state index contributed by atoms with van der Waals surface area (Å²) in [7, 11) is 0. The van der Waals surface area contributed by atoms with Crippen LogP contribution in [0.15, 0.2) is 24.4 Å². The van der Waals surface area contributed by atoms with Crippen molar-refractivity contribution in [3.05, 3.63) is 30.1 Å². The fraction of sp³-hybridized carbons (Fsp3) is 0.125. The first-order chi connectivity index (χ1) is 5.29. The molecule has 0 saturated carbocycles. The van der Waals surface area contributed by atoms with Crippen LogP contribution in [0.3, 0.4) is 0 Å². The number of pyridine rings is 1. The molecule has 2 aromatic rings. The number of aryl methyl sites for hydroxylation is 1. The zero-order chi connectivity index (χ0) is 7.84. The second-order valence-corrected chi connectivity index (χ2v) is 2.51. The van der Waals surface area contributed by atoms with Crippen LogP contribution in [0.5, 0.6) is 0 Å². The highest BCUT2D eigenvalue weighted by Gasteiger charge is 2.01. The molecular weight excluding hydrogens is 138 g/mol. The van der Waals surface area contributed by atoms with Gasteiger partial charge < -0.3 is 5.73 Å². The van der Waals surface area contributed by atoms with Gasteiger partial charge in [0.25, 0.3) is 0 Å². The number of fused-ring (bicyclic) bond motifs is 1. The molecule has 3 heteroatoms. The third-order valence-corrected chi connectivity index (χ3v) is 1.75. The van der Waals surface area contributed by atoms with Crippen LogP contribution in [-0.4, -0.2) is 9.38 Å². The molecule has 3 nitrogen and oxygen atoms in total. The predicted molar refractivity (Wildman–Crippen MR) is 44.3 cm³/mol. The third-order valence-electron chi connectivity index (χ3n) is 1.75. The first-order valence-corrected chi connectivity index (χ1v) is 3.48. The minimum absolute atomic E-state index is 0.723. The molecule has 2 rings (SSSR count). The van der Waals surface area contributed by atoms with Gasteiger partial charge in [0.05, 0.1) is 5.69 Å². The summed E-state index contributed by atoms with van der Waals surface area (Å²) in [5.41, 5.74) is 7.53. The quantitative estimate of drug-likeness (QED) is 0.609. The Kier molecular flexibility index (Phi) is 1.12. The number of nitrogens with zero attached hydrogens (tertiary/aromatic N) is 2. The maximum atomic E-state index is 5.74. The second kappa shape index (κ2) is 1.99. The molecule has 0 aromatic carbocycles. The molecule has 2 N–H and O–H groups in total. The molecular formula is C8H9N3. The fourth-order valence-corrected chi connectivity index (χ4v) is 1.13. The predicted octanol–water partition coefficient (Wildman–Crippen LogP) is 1.22. The van der Waals surface area contributed by atoms with Gasteiger partial charge in [0.1, 0.15) is 11.5 Å². The summed E-state index contributed by atoms with van der Waals surface area (Å²) < 4.78 is 1.87. The topological polar surface area (TPSA) is 43.3 Å². The third kappa shape index (κ3) is 0.774. The van der Waals surface area contributed by atoms with E-state index < -0.39 is 0 Å². The average Bonchev–Trinajstić information content (AvgIpc) is 2.30. The molecule has 0 unspecified atom stereocenters. The second-order valence-electron chi connectivity index (χ2n) is 2.51. The number of nitrogens with two attached hydrogens (primary N) is 1. The van der Waals surface area contributed by atoms with Crippen molar-refractivity contribution in [2.24, 2.45) is 0 Å². The molecule has 0 fully saturated rings. The summed E-state index contributed by atoms with van der Waals surface area (Å²) in [6.45, 7) is 1.91. The van der Waals surface area contributed by atoms with Crippen molar-refractivity contribution in [2.75, 3.05) is 5.73 Å². The maximum absolute atomic E-state index is 5.74. The average molecular weight is 147 g/mol. The fourth-order valence-electron chi connectivity index (χ4n) is 1.13. The molecule has 0 radical (unpaired) electrons. The lowest BCUT2D eigenvalue weighted by atomic mass is 10.5. The van der Waals surface area contributed by atoms with Gasteiger partial charge in [0.15, 0.2) is 0 Å². The van der Waals surface area contributed by atoms with Crippen molar-refractivity contribution in [1.29, 1.82) is 0 Å². The first-order valence-electron chi connectivity index (χ1n) is 3.48. The standard InChI is InChI=1S/C8H9N3/c1-6-8(9)11-5-3-2-4-7(11)10-6/h2-5H,9H2,1H3. The van der Waals surface area contributed by atoms with Crippen molar-refractivity contribution < 1.29 is 0 Å². The van der Waals surface area contributed by atoms with Crippen LogP contribution in [0.25, 0.3) is 5.65 Å². The molecule has 0 saturated heterocycles. The highest BCUT2D eigenvalue weighted by molar-refractivity contribution is 5.51. The van der Waals surface area contributed by atoms with Gasteiger partial charge in [-0.2, -0.15) is 0 Å². The van der Waals surface area contributed by atoms with Crippen LogP contribution in [0.4, 0.5) is 5.82 Å². The number of hydrogen-bond donors (Lipinski definition) is 1. The molecule has 0 aliphatic carbocycles. The summed E-state index contributed by atoms with van der Waals surface area (Å²) in [5, 5.41) is 0. The van der Waals surface area contributed by atoms with Crippen LogP contribution >= 0.6 is 0 Å². The van der Waals surface area contributed by atoms with E-state index in [9.17, 15) is 0 Å². The number of rotatable bonds is 0. The SMILES string of the molecule is Cc1nc2ccccn2c1N. The Labute approximate surface area is 64.5 Å². The van der Waals surface area contributed by atoms with Gasteiger partial charge >= 0.3 is 0 Å². The van der Waals surface area contributed by atoms with E-state index in [0.717, 1.165) is 17.2 Å². The number of imidazole rings is 1. The van der Waals surface area contributed by atoms with E-state index in [1.807, 2.05) is 35.7 Å². The van der Waals surface area contributed by atoms with Crippen molar-refractivity contribution in [1.82, 2.24) is 9.38 Å². The van der Waals surface area contributed by atoms with Crippen molar-refractivity contribution in [3.63, 3.8) is 0 Å². The zero-order valence-corrected chi connectivity index (χ0v) is 6.28. The van der Waals surface area contributed by atoms with Gasteiger partial charge in [-0.3, -0.25) is 4.40 Å². The summed E-state index contributed by atoms with van der Waals surface area (Å²) in [4.78, 5) is 4.25. The molecule has 0 aliphatic rings. The summed E-state index contributed by atoms with van der Waals surface area (Å²) >= 11 is 0. The van der Waals surface area contributed by atoms with Crippen LogP contribution in [0, 0.1) is 6.92 Å². The van der Waals surface area contributed by atoms with E-state index in [1.165, 1.54) is 0 Å². The smallest absolute Gasteiger partial charge is 0.138 e. The Hall–Kier alpha value is -1.51. The molecule has 2 heterocycles. The Morgan fingerprint density at radius 1 is 1.45 bits per heavy atom. The van der Waals surface area contributed by atoms with Crippen molar-refractivity contribution in [2.45, 2.75) is 6.92 Å². The van der Waals surface area contributed by atoms with Crippen LogP contribution in [0.1, 0.15) is 5.69 Å². The van der Waals surface area contributed by atoms with Gasteiger partial charge in [-0.25, -0.2) is 4.98 Å². The minimum atomic E-state index is 0.723. The van der Waals surface area contributed by atoms with Crippen LogP contribution < -0.4 is 5.73 Å². The summed E-state index contributed by atoms with van der Waals surface area (Å²) in [6.07, 6.45) is 1.91. The van der Waals surface area contributed by atoms with Crippen molar-refractivity contribution >= 4 is 11.5 Å². The van der Waals surface area contributed by atoms with Gasteiger partial charge in [0, 0.05) is 6.20 Å².